The SMILES string of the molecule is Cc1ccc(OCC(=O)OCc2ccc(C(=O)Nc3ccccc3)cc2)cc1C. The maximum absolute atomic E-state index is 12.2. The normalized spacial score (nSPS) is 10.3. The van der Waals surface area contributed by atoms with Gasteiger partial charge in [0.15, 0.2) is 6.61 Å². The molecule has 29 heavy (non-hydrogen) atoms. The fourth-order valence-electron chi connectivity index (χ4n) is 2.63. The molecule has 0 saturated heterocycles. The van der Waals surface area contributed by atoms with Crippen LogP contribution in [0.25, 0.3) is 0 Å². The van der Waals surface area contributed by atoms with Crippen molar-refractivity contribution in [2.24, 2.45) is 0 Å². The van der Waals surface area contributed by atoms with Crippen molar-refractivity contribution < 1.29 is 19.1 Å². The Labute approximate surface area is 170 Å². The molecule has 0 aliphatic rings. The Bertz CT molecular complexity index is 982. The number of hydrogen-bond acceptors (Lipinski definition) is 4. The van der Waals surface area contributed by atoms with Gasteiger partial charge in [-0.05, 0) is 66.9 Å². The molecule has 0 aliphatic carbocycles. The zero-order valence-electron chi connectivity index (χ0n) is 16.5. The van der Waals surface area contributed by atoms with Crippen LogP contribution in [0.5, 0.6) is 5.75 Å². The summed E-state index contributed by atoms with van der Waals surface area (Å²) in [5, 5.41) is 2.83. The van der Waals surface area contributed by atoms with E-state index in [1.54, 1.807) is 24.3 Å². The Morgan fingerprint density at radius 3 is 2.28 bits per heavy atom. The molecule has 0 unspecified atom stereocenters. The molecule has 0 spiro atoms. The number of esters is 1. The summed E-state index contributed by atoms with van der Waals surface area (Å²) in [6.07, 6.45) is 0. The molecule has 0 saturated carbocycles. The molecule has 1 amide bonds. The van der Waals surface area contributed by atoms with Crippen molar-refractivity contribution in [2.45, 2.75) is 20.5 Å². The van der Waals surface area contributed by atoms with Crippen molar-refractivity contribution in [3.8, 4) is 5.75 Å². The van der Waals surface area contributed by atoms with Crippen LogP contribution in [0.15, 0.2) is 72.8 Å². The Kier molecular flexibility index (Phi) is 6.63. The summed E-state index contributed by atoms with van der Waals surface area (Å²) in [5.41, 5.74) is 4.33. The van der Waals surface area contributed by atoms with Crippen LogP contribution >= 0.6 is 0 Å². The summed E-state index contributed by atoms with van der Waals surface area (Å²) in [6, 6.07) is 21.8. The lowest BCUT2D eigenvalue weighted by Gasteiger charge is -2.09. The zero-order chi connectivity index (χ0) is 20.6. The van der Waals surface area contributed by atoms with Gasteiger partial charge in [-0.25, -0.2) is 4.79 Å². The number of ether oxygens (including phenoxy) is 2. The van der Waals surface area contributed by atoms with Gasteiger partial charge in [-0.15, -0.1) is 0 Å². The molecule has 0 bridgehead atoms. The minimum absolute atomic E-state index is 0.121. The predicted molar refractivity (Wildman–Crippen MR) is 112 cm³/mol. The second kappa shape index (κ2) is 9.55. The quantitative estimate of drug-likeness (QED) is 0.596. The number of anilines is 1. The van der Waals surface area contributed by atoms with Crippen LogP contribution in [0.1, 0.15) is 27.0 Å². The third-order valence-electron chi connectivity index (χ3n) is 4.48. The number of aryl methyl sites for hydroxylation is 2. The number of amides is 1. The van der Waals surface area contributed by atoms with Crippen molar-refractivity contribution in [3.63, 3.8) is 0 Å². The molecule has 0 radical (unpaired) electrons. The summed E-state index contributed by atoms with van der Waals surface area (Å²) in [4.78, 5) is 24.2. The van der Waals surface area contributed by atoms with Gasteiger partial charge in [0, 0.05) is 11.3 Å². The third-order valence-corrected chi connectivity index (χ3v) is 4.48. The molecular weight excluding hydrogens is 366 g/mol. The summed E-state index contributed by atoms with van der Waals surface area (Å²) in [6.45, 7) is 3.98. The maximum atomic E-state index is 12.2. The molecule has 148 valence electrons. The summed E-state index contributed by atoms with van der Waals surface area (Å²) < 4.78 is 10.7. The predicted octanol–water partition coefficient (Wildman–Crippen LogP) is 4.68. The van der Waals surface area contributed by atoms with Gasteiger partial charge in [0.05, 0.1) is 0 Å². The van der Waals surface area contributed by atoms with Crippen LogP contribution in [0.4, 0.5) is 5.69 Å². The number of hydrogen-bond donors (Lipinski definition) is 1. The Morgan fingerprint density at radius 2 is 1.59 bits per heavy atom. The lowest BCUT2D eigenvalue weighted by atomic mass is 10.1. The Balaban J connectivity index is 1.46. The van der Waals surface area contributed by atoms with Crippen molar-refractivity contribution in [1.82, 2.24) is 0 Å². The number of carbonyl (C=O) groups excluding carboxylic acids is 2. The van der Waals surface area contributed by atoms with Gasteiger partial charge in [0.25, 0.3) is 5.91 Å². The van der Waals surface area contributed by atoms with Gasteiger partial charge in [0.1, 0.15) is 12.4 Å². The van der Waals surface area contributed by atoms with Crippen LogP contribution in [0, 0.1) is 13.8 Å². The lowest BCUT2D eigenvalue weighted by molar-refractivity contribution is -0.147. The van der Waals surface area contributed by atoms with Crippen LogP contribution in [-0.4, -0.2) is 18.5 Å². The first-order valence-electron chi connectivity index (χ1n) is 9.32. The third kappa shape index (κ3) is 5.94. The fourth-order valence-corrected chi connectivity index (χ4v) is 2.63. The average molecular weight is 389 g/mol. The van der Waals surface area contributed by atoms with Crippen LogP contribution in [-0.2, 0) is 16.1 Å². The van der Waals surface area contributed by atoms with Crippen molar-refractivity contribution >= 4 is 17.6 Å². The second-order valence-electron chi connectivity index (χ2n) is 6.71. The van der Waals surface area contributed by atoms with E-state index in [-0.39, 0.29) is 19.1 Å². The smallest absolute Gasteiger partial charge is 0.344 e. The highest BCUT2D eigenvalue weighted by Crippen LogP contribution is 2.16. The van der Waals surface area contributed by atoms with Gasteiger partial charge in [-0.2, -0.15) is 0 Å². The van der Waals surface area contributed by atoms with E-state index in [0.717, 1.165) is 16.8 Å². The van der Waals surface area contributed by atoms with E-state index >= 15 is 0 Å². The summed E-state index contributed by atoms with van der Waals surface area (Å²) in [5.74, 6) is -0.00510. The molecule has 0 aliphatic heterocycles. The first-order chi connectivity index (χ1) is 14.0. The van der Waals surface area contributed by atoms with Crippen molar-refractivity contribution in [2.75, 3.05) is 11.9 Å². The highest BCUT2D eigenvalue weighted by atomic mass is 16.6. The summed E-state index contributed by atoms with van der Waals surface area (Å²) in [7, 11) is 0. The highest BCUT2D eigenvalue weighted by Gasteiger charge is 2.08. The van der Waals surface area contributed by atoms with Crippen molar-refractivity contribution in [1.29, 1.82) is 0 Å². The molecule has 0 atom stereocenters. The topological polar surface area (TPSA) is 64.6 Å². The standard InChI is InChI=1S/C24H23NO4/c1-17-8-13-22(14-18(17)2)28-16-23(26)29-15-19-9-11-20(12-10-19)24(27)25-21-6-4-3-5-7-21/h3-14H,15-16H2,1-2H3,(H,25,27). The van der Waals surface area contributed by atoms with Crippen molar-refractivity contribution in [3.05, 3.63) is 95.1 Å². The molecule has 5 nitrogen and oxygen atoms in total. The minimum Gasteiger partial charge on any atom is -0.482 e. The molecule has 3 aromatic rings. The van der Waals surface area contributed by atoms with Gasteiger partial charge in [-0.3, -0.25) is 4.79 Å². The average Bonchev–Trinajstić information content (AvgIpc) is 2.74. The van der Waals surface area contributed by atoms with Gasteiger partial charge in [-0.1, -0.05) is 36.4 Å². The van der Waals surface area contributed by atoms with Gasteiger partial charge < -0.3 is 14.8 Å². The monoisotopic (exact) mass is 389 g/mol. The molecular formula is C24H23NO4. The van der Waals surface area contributed by atoms with E-state index in [9.17, 15) is 9.59 Å². The molecule has 3 rings (SSSR count). The Morgan fingerprint density at radius 1 is 0.862 bits per heavy atom. The number of nitrogens with one attached hydrogen (secondary N) is 1. The van der Waals surface area contributed by atoms with Crippen LogP contribution in [0.2, 0.25) is 0 Å². The number of benzene rings is 3. The second-order valence-corrected chi connectivity index (χ2v) is 6.71. The Hall–Kier alpha value is -3.60. The largest absolute Gasteiger partial charge is 0.482 e. The van der Waals surface area contributed by atoms with Gasteiger partial charge >= 0.3 is 5.97 Å². The van der Waals surface area contributed by atoms with E-state index in [1.165, 1.54) is 5.56 Å². The molecule has 1 N–H and O–H groups in total. The zero-order valence-corrected chi connectivity index (χ0v) is 16.5. The van der Waals surface area contributed by atoms with E-state index in [4.69, 9.17) is 9.47 Å². The van der Waals surface area contributed by atoms with Gasteiger partial charge in [0.2, 0.25) is 0 Å². The van der Waals surface area contributed by atoms with E-state index in [1.807, 2.05) is 62.4 Å². The van der Waals surface area contributed by atoms with E-state index < -0.39 is 5.97 Å². The molecule has 0 fully saturated rings. The van der Waals surface area contributed by atoms with E-state index in [2.05, 4.69) is 5.32 Å². The molecule has 0 aromatic heterocycles. The molecule has 0 heterocycles. The first kappa shape index (κ1) is 20.1. The lowest BCUT2D eigenvalue weighted by Crippen LogP contribution is -2.15. The molecule has 3 aromatic carbocycles. The summed E-state index contributed by atoms with van der Waals surface area (Å²) >= 11 is 0. The first-order valence-corrected chi connectivity index (χ1v) is 9.32. The number of rotatable bonds is 7. The fraction of sp³-hybridized carbons (Fsp3) is 0.167. The minimum atomic E-state index is -0.450. The number of para-hydroxylation sites is 1. The number of carbonyl (C=O) groups is 2. The van der Waals surface area contributed by atoms with Crippen LogP contribution in [0.3, 0.4) is 0 Å². The maximum Gasteiger partial charge on any atom is 0.344 e. The highest BCUT2D eigenvalue weighted by molar-refractivity contribution is 6.04. The van der Waals surface area contributed by atoms with E-state index in [0.29, 0.717) is 11.3 Å². The molecule has 5 heteroatoms. The van der Waals surface area contributed by atoms with Crippen LogP contribution < -0.4 is 10.1 Å².